The number of thiophene rings is 2. The Morgan fingerprint density at radius 2 is 1.63 bits per heavy atom. The molecule has 7 aromatic rings. The minimum atomic E-state index is -0.995. The Balaban J connectivity index is 1.26. The van der Waals surface area contributed by atoms with Crippen molar-refractivity contribution in [1.82, 2.24) is 4.98 Å². The van der Waals surface area contributed by atoms with Gasteiger partial charge in [-0.15, -0.1) is 22.7 Å². The molecule has 0 fully saturated rings. The maximum atomic E-state index is 14.5. The molecule has 9 heteroatoms. The second-order valence-electron chi connectivity index (χ2n) is 10.5. The Morgan fingerprint density at radius 3 is 2.41 bits per heavy atom. The van der Waals surface area contributed by atoms with Gasteiger partial charge in [-0.2, -0.15) is 0 Å². The van der Waals surface area contributed by atoms with Crippen molar-refractivity contribution in [3.8, 4) is 22.4 Å². The lowest BCUT2D eigenvalue weighted by molar-refractivity contribution is 0.102. The molecule has 3 heterocycles. The molecule has 0 aliphatic rings. The summed E-state index contributed by atoms with van der Waals surface area (Å²) in [5, 5.41) is 7.26. The molecule has 0 aliphatic heterocycles. The van der Waals surface area contributed by atoms with Gasteiger partial charge in [0.2, 0.25) is 0 Å². The summed E-state index contributed by atoms with van der Waals surface area (Å²) in [6, 6.07) is 29.7. The van der Waals surface area contributed by atoms with Crippen LogP contribution in [0.4, 0.5) is 20.2 Å². The van der Waals surface area contributed by atoms with Crippen molar-refractivity contribution in [3.63, 3.8) is 0 Å². The van der Waals surface area contributed by atoms with Crippen LogP contribution in [0, 0.1) is 11.6 Å². The minimum absolute atomic E-state index is 0.155. The number of benzene rings is 4. The molecular weight excluding hydrogens is 621 g/mol. The summed E-state index contributed by atoms with van der Waals surface area (Å²) in [7, 11) is 0. The predicted octanol–water partition coefficient (Wildman–Crippen LogP) is 9.85. The molecule has 1 amide bonds. The highest BCUT2D eigenvalue weighted by Crippen LogP contribution is 2.42. The van der Waals surface area contributed by atoms with Gasteiger partial charge in [0.05, 0.1) is 11.4 Å². The third-order valence-corrected chi connectivity index (χ3v) is 9.51. The van der Waals surface area contributed by atoms with Gasteiger partial charge in [-0.05, 0) is 88.0 Å². The highest BCUT2D eigenvalue weighted by molar-refractivity contribution is 7.21. The fourth-order valence-corrected chi connectivity index (χ4v) is 6.95. The number of amides is 1. The third kappa shape index (κ3) is 5.58. The smallest absolute Gasteiger partial charge is 0.267 e. The summed E-state index contributed by atoms with van der Waals surface area (Å²) in [6.45, 7) is 0. The lowest BCUT2D eigenvalue weighted by Crippen LogP contribution is -2.12. The van der Waals surface area contributed by atoms with Gasteiger partial charge in [0.15, 0.2) is 17.4 Å². The van der Waals surface area contributed by atoms with Gasteiger partial charge in [0.25, 0.3) is 5.91 Å². The molecule has 0 spiro atoms. The first-order valence-electron chi connectivity index (χ1n) is 14.2. The van der Waals surface area contributed by atoms with Crippen molar-refractivity contribution in [2.75, 3.05) is 11.1 Å². The molecule has 0 unspecified atom stereocenters. The maximum Gasteiger partial charge on any atom is 0.267 e. The SMILES string of the molecule is Nc1c(C(=O)Nc2ccc(C(=O)C=Cc3cccs3)cc2)sc2nc(-c3cccc4ccccc34)cc(-c3ccc(F)c(F)c3)c12. The molecule has 46 heavy (non-hydrogen) atoms. The van der Waals surface area contributed by atoms with Crippen LogP contribution in [0.3, 0.4) is 0 Å². The summed E-state index contributed by atoms with van der Waals surface area (Å²) in [5.41, 5.74) is 10.1. The number of ketones is 1. The van der Waals surface area contributed by atoms with E-state index in [2.05, 4.69) is 5.32 Å². The number of rotatable bonds is 7. The third-order valence-electron chi connectivity index (χ3n) is 7.57. The Kier molecular flexibility index (Phi) is 7.69. The van der Waals surface area contributed by atoms with Crippen LogP contribution in [0.25, 0.3) is 49.4 Å². The molecule has 0 bridgehead atoms. The van der Waals surface area contributed by atoms with E-state index >= 15 is 0 Å². The van der Waals surface area contributed by atoms with Gasteiger partial charge < -0.3 is 11.1 Å². The highest BCUT2D eigenvalue weighted by Gasteiger charge is 2.23. The number of hydrogen-bond acceptors (Lipinski definition) is 6. The van der Waals surface area contributed by atoms with Crippen molar-refractivity contribution in [2.45, 2.75) is 0 Å². The molecule has 5 nitrogen and oxygen atoms in total. The number of anilines is 2. The van der Waals surface area contributed by atoms with E-state index in [0.29, 0.717) is 38.3 Å². The standard InChI is InChI=1S/C37H23F2N3O2S2/c38-29-16-12-23(19-30(29)39)28-20-31(27-9-3-6-21-5-1-2-8-26(21)27)42-37-33(28)34(40)35(46-37)36(44)41-24-13-10-22(11-14-24)32(43)17-15-25-7-4-18-45-25/h1-20H,40H2,(H,41,44). The summed E-state index contributed by atoms with van der Waals surface area (Å²) in [4.78, 5) is 32.7. The predicted molar refractivity (Wildman–Crippen MR) is 184 cm³/mol. The molecule has 0 atom stereocenters. The highest BCUT2D eigenvalue weighted by atomic mass is 32.1. The first-order chi connectivity index (χ1) is 22.4. The van der Waals surface area contributed by atoms with E-state index in [1.807, 2.05) is 60.0 Å². The molecule has 0 aliphatic carbocycles. The zero-order valence-electron chi connectivity index (χ0n) is 24.0. The lowest BCUT2D eigenvalue weighted by atomic mass is 9.97. The summed E-state index contributed by atoms with van der Waals surface area (Å²) in [5.74, 6) is -2.57. The van der Waals surface area contributed by atoms with Crippen LogP contribution < -0.4 is 11.1 Å². The van der Waals surface area contributed by atoms with Crippen LogP contribution in [0.5, 0.6) is 0 Å². The first kappa shape index (κ1) is 29.2. The van der Waals surface area contributed by atoms with Crippen LogP contribution in [-0.2, 0) is 0 Å². The number of fused-ring (bicyclic) bond motifs is 2. The summed E-state index contributed by atoms with van der Waals surface area (Å²) >= 11 is 2.66. The van der Waals surface area contributed by atoms with E-state index in [9.17, 15) is 18.4 Å². The van der Waals surface area contributed by atoms with Crippen LogP contribution in [0.1, 0.15) is 24.9 Å². The van der Waals surface area contributed by atoms with E-state index in [1.54, 1.807) is 36.4 Å². The molecule has 224 valence electrons. The van der Waals surface area contributed by atoms with Crippen LogP contribution in [0.15, 0.2) is 115 Å². The molecular formula is C37H23F2N3O2S2. The van der Waals surface area contributed by atoms with Gasteiger partial charge in [0, 0.05) is 27.1 Å². The maximum absolute atomic E-state index is 14.5. The van der Waals surface area contributed by atoms with Crippen LogP contribution in [0.2, 0.25) is 0 Å². The lowest BCUT2D eigenvalue weighted by Gasteiger charge is -2.11. The largest absolute Gasteiger partial charge is 0.397 e. The van der Waals surface area contributed by atoms with Gasteiger partial charge >= 0.3 is 0 Å². The van der Waals surface area contributed by atoms with Gasteiger partial charge in [-0.3, -0.25) is 9.59 Å². The molecule has 0 saturated carbocycles. The molecule has 4 aromatic carbocycles. The monoisotopic (exact) mass is 643 g/mol. The number of carbonyl (C=O) groups is 2. The van der Waals surface area contributed by atoms with E-state index in [4.69, 9.17) is 10.7 Å². The number of nitrogens with two attached hydrogens (primary N) is 1. The molecule has 3 aromatic heterocycles. The van der Waals surface area contributed by atoms with Crippen molar-refractivity contribution in [3.05, 3.63) is 142 Å². The number of aromatic nitrogens is 1. The fraction of sp³-hybridized carbons (Fsp3) is 0. The zero-order chi connectivity index (χ0) is 31.8. The van der Waals surface area contributed by atoms with Gasteiger partial charge in [-0.1, -0.05) is 54.6 Å². The number of allylic oxidation sites excluding steroid dienone is 1. The molecule has 7 rings (SSSR count). The fourth-order valence-electron chi connectivity index (χ4n) is 5.31. The Morgan fingerprint density at radius 1 is 0.826 bits per heavy atom. The normalized spacial score (nSPS) is 11.4. The quantitative estimate of drug-likeness (QED) is 0.134. The average molecular weight is 644 g/mol. The summed E-state index contributed by atoms with van der Waals surface area (Å²) < 4.78 is 28.4. The van der Waals surface area contributed by atoms with Gasteiger partial charge in [0.1, 0.15) is 9.71 Å². The van der Waals surface area contributed by atoms with Crippen molar-refractivity contribution >= 4 is 72.8 Å². The Hall–Kier alpha value is -5.51. The van der Waals surface area contributed by atoms with Crippen LogP contribution in [-0.4, -0.2) is 16.7 Å². The number of carbonyl (C=O) groups excluding carboxylic acids is 2. The zero-order valence-corrected chi connectivity index (χ0v) is 25.6. The summed E-state index contributed by atoms with van der Waals surface area (Å²) in [6.07, 6.45) is 3.28. The first-order valence-corrected chi connectivity index (χ1v) is 15.9. The number of nitrogens with one attached hydrogen (secondary N) is 1. The van der Waals surface area contributed by atoms with Crippen molar-refractivity contribution in [1.29, 1.82) is 0 Å². The number of nitrogen functional groups attached to an aromatic ring is 1. The molecule has 0 saturated heterocycles. The second kappa shape index (κ2) is 12.1. The van der Waals surface area contributed by atoms with Crippen molar-refractivity contribution < 1.29 is 18.4 Å². The van der Waals surface area contributed by atoms with Gasteiger partial charge in [-0.25, -0.2) is 13.8 Å². The minimum Gasteiger partial charge on any atom is -0.397 e. The topological polar surface area (TPSA) is 85.1 Å². The van der Waals surface area contributed by atoms with Crippen LogP contribution >= 0.6 is 22.7 Å². The van der Waals surface area contributed by atoms with E-state index in [0.717, 1.165) is 44.7 Å². The number of nitrogens with zero attached hydrogens (tertiary/aromatic N) is 1. The number of halogens is 2. The molecule has 0 radical (unpaired) electrons. The Labute approximate surface area is 270 Å². The number of hydrogen-bond donors (Lipinski definition) is 2. The Bertz CT molecular complexity index is 2310. The van der Waals surface area contributed by atoms with E-state index in [1.165, 1.54) is 23.5 Å². The molecule has 3 N–H and O–H groups in total. The van der Waals surface area contributed by atoms with E-state index in [-0.39, 0.29) is 16.3 Å². The second-order valence-corrected chi connectivity index (χ2v) is 12.5. The van der Waals surface area contributed by atoms with Crippen molar-refractivity contribution in [2.24, 2.45) is 0 Å². The average Bonchev–Trinajstić information content (AvgIpc) is 3.72. The van der Waals surface area contributed by atoms with E-state index < -0.39 is 17.5 Å². The number of pyridine rings is 1.